The molecule has 0 bridgehead atoms. The third kappa shape index (κ3) is 6.09. The lowest BCUT2D eigenvalue weighted by atomic mass is 10.4. The van der Waals surface area contributed by atoms with Crippen molar-refractivity contribution in [3.05, 3.63) is 35.9 Å². The average molecular weight is 442 g/mol. The number of rotatable bonds is 7. The van der Waals surface area contributed by atoms with Crippen molar-refractivity contribution in [2.24, 2.45) is 0 Å². The number of hydrogen-bond acceptors (Lipinski definition) is 5. The van der Waals surface area contributed by atoms with Gasteiger partial charge in [-0.25, -0.2) is 13.1 Å². The minimum Gasteiger partial charge on any atom is -0.311 e. The van der Waals surface area contributed by atoms with Gasteiger partial charge in [0.1, 0.15) is 11.4 Å². The highest BCUT2D eigenvalue weighted by Crippen LogP contribution is 2.25. The van der Waals surface area contributed by atoms with Crippen LogP contribution in [0.3, 0.4) is 0 Å². The van der Waals surface area contributed by atoms with E-state index in [9.17, 15) is 31.6 Å². The van der Waals surface area contributed by atoms with Gasteiger partial charge >= 0.3 is 6.18 Å². The third-order valence-corrected chi connectivity index (χ3v) is 5.67. The van der Waals surface area contributed by atoms with Gasteiger partial charge in [-0.1, -0.05) is 11.6 Å². The van der Waals surface area contributed by atoms with Gasteiger partial charge in [-0.15, -0.1) is 0 Å². The molecule has 0 atom stereocenters. The minimum atomic E-state index is -4.58. The lowest BCUT2D eigenvalue weighted by molar-refractivity contribution is -0.904. The van der Waals surface area contributed by atoms with Gasteiger partial charge < -0.3 is 4.90 Å². The maximum atomic E-state index is 12.2. The van der Waals surface area contributed by atoms with Crippen molar-refractivity contribution in [1.29, 1.82) is 0 Å². The van der Waals surface area contributed by atoms with E-state index in [2.05, 4.69) is 5.10 Å². The summed E-state index contributed by atoms with van der Waals surface area (Å²) in [5.74, 6) is -2.43. The SMILES string of the molecule is CN(C(=O)CCS(=O)(=O)CCC(F)(F)F)c1cn(-c2ccc[n+](O)c2)nc1Cl. The molecule has 0 unspecified atom stereocenters. The van der Waals surface area contributed by atoms with E-state index in [0.29, 0.717) is 5.69 Å². The number of alkyl halides is 3. The highest BCUT2D eigenvalue weighted by Gasteiger charge is 2.30. The maximum Gasteiger partial charge on any atom is 0.390 e. The predicted molar refractivity (Wildman–Crippen MR) is 93.3 cm³/mol. The second-order valence-corrected chi connectivity index (χ2v) is 8.57. The van der Waals surface area contributed by atoms with Gasteiger partial charge in [0.15, 0.2) is 15.0 Å². The normalized spacial score (nSPS) is 12.2. The van der Waals surface area contributed by atoms with Crippen molar-refractivity contribution < 1.29 is 36.3 Å². The third-order valence-electron chi connectivity index (χ3n) is 3.75. The lowest BCUT2D eigenvalue weighted by Gasteiger charge is -2.15. The van der Waals surface area contributed by atoms with Crippen molar-refractivity contribution in [2.45, 2.75) is 19.0 Å². The van der Waals surface area contributed by atoms with Gasteiger partial charge in [0, 0.05) is 24.3 Å². The molecule has 0 saturated carbocycles. The number of carbonyl (C=O) groups is 1. The highest BCUT2D eigenvalue weighted by molar-refractivity contribution is 7.91. The first-order valence-corrected chi connectivity index (χ1v) is 10.1. The number of pyridine rings is 1. The summed E-state index contributed by atoms with van der Waals surface area (Å²) in [5.41, 5.74) is 0.612. The van der Waals surface area contributed by atoms with E-state index in [1.165, 1.54) is 30.3 Å². The summed E-state index contributed by atoms with van der Waals surface area (Å²) < 4.78 is 62.0. The van der Waals surface area contributed by atoms with Gasteiger partial charge in [-0.3, -0.25) is 10.0 Å². The molecule has 2 rings (SSSR count). The van der Waals surface area contributed by atoms with Crippen molar-refractivity contribution >= 4 is 33.0 Å². The first-order chi connectivity index (χ1) is 12.9. The number of carbonyl (C=O) groups excluding carboxylic acids is 1. The standard InChI is InChI=1S/C15H17ClF3N4O4S/c1-21(13(24)4-7-28(26,27)8-5-15(17,18)19)12-10-23(20-14(12)16)11-3-2-6-22(25)9-11/h2-3,6,9-10,25H,4-5,7-8H2,1H3/q+1. The molecule has 2 aromatic rings. The van der Waals surface area contributed by atoms with Gasteiger partial charge in [-0.2, -0.15) is 18.3 Å². The summed E-state index contributed by atoms with van der Waals surface area (Å²) in [6.45, 7) is 0. The van der Waals surface area contributed by atoms with E-state index in [4.69, 9.17) is 11.6 Å². The number of halogens is 4. The number of amides is 1. The van der Waals surface area contributed by atoms with Gasteiger partial charge in [-0.05, 0) is 6.07 Å². The summed E-state index contributed by atoms with van der Waals surface area (Å²) >= 11 is 6.03. The molecule has 0 spiro atoms. The minimum absolute atomic E-state index is 0.0517. The van der Waals surface area contributed by atoms with Crippen molar-refractivity contribution in [3.63, 3.8) is 0 Å². The quantitative estimate of drug-likeness (QED) is 0.522. The summed E-state index contributed by atoms with van der Waals surface area (Å²) in [6, 6.07) is 3.17. The molecule has 1 amide bonds. The Hall–Kier alpha value is -2.34. The van der Waals surface area contributed by atoms with Crippen LogP contribution in [0.1, 0.15) is 12.8 Å². The molecule has 2 aromatic heterocycles. The molecule has 0 aromatic carbocycles. The second kappa shape index (κ2) is 8.35. The van der Waals surface area contributed by atoms with Gasteiger partial charge in [0.2, 0.25) is 18.3 Å². The average Bonchev–Trinajstić information content (AvgIpc) is 2.99. The summed E-state index contributed by atoms with van der Waals surface area (Å²) in [5, 5.41) is 13.4. The molecule has 0 aliphatic carbocycles. The van der Waals surface area contributed by atoms with Crippen LogP contribution in [-0.4, -0.2) is 54.0 Å². The van der Waals surface area contributed by atoms with Gasteiger partial charge in [0.25, 0.3) is 0 Å². The number of aromatic nitrogens is 3. The van der Waals surface area contributed by atoms with Crippen LogP contribution in [0, 0.1) is 0 Å². The van der Waals surface area contributed by atoms with E-state index in [1.807, 2.05) is 0 Å². The molecule has 13 heteroatoms. The van der Waals surface area contributed by atoms with Crippen LogP contribution in [0.15, 0.2) is 30.7 Å². The zero-order valence-corrected chi connectivity index (χ0v) is 16.2. The van der Waals surface area contributed by atoms with Crippen LogP contribution in [0.4, 0.5) is 18.9 Å². The van der Waals surface area contributed by atoms with Crippen LogP contribution in [-0.2, 0) is 14.6 Å². The Morgan fingerprint density at radius 1 is 1.39 bits per heavy atom. The summed E-state index contributed by atoms with van der Waals surface area (Å²) in [4.78, 5) is 13.3. The Morgan fingerprint density at radius 3 is 2.68 bits per heavy atom. The van der Waals surface area contributed by atoms with Crippen molar-refractivity contribution in [1.82, 2.24) is 9.78 Å². The molecule has 0 aliphatic rings. The molecular weight excluding hydrogens is 425 g/mol. The molecule has 0 aliphatic heterocycles. The van der Waals surface area contributed by atoms with Crippen LogP contribution in [0.25, 0.3) is 5.69 Å². The molecule has 8 nitrogen and oxygen atoms in total. The molecule has 28 heavy (non-hydrogen) atoms. The van der Waals surface area contributed by atoms with E-state index in [1.54, 1.807) is 12.1 Å². The predicted octanol–water partition coefficient (Wildman–Crippen LogP) is 1.77. The van der Waals surface area contributed by atoms with Crippen LogP contribution < -0.4 is 9.63 Å². The largest absolute Gasteiger partial charge is 0.390 e. The first kappa shape index (κ1) is 22.0. The first-order valence-electron chi connectivity index (χ1n) is 7.88. The Morgan fingerprint density at radius 2 is 2.07 bits per heavy atom. The fourth-order valence-corrected chi connectivity index (χ4v) is 3.70. The summed E-state index contributed by atoms with van der Waals surface area (Å²) in [7, 11) is -2.69. The van der Waals surface area contributed by atoms with E-state index in [-0.39, 0.29) is 10.8 Å². The smallest absolute Gasteiger partial charge is 0.311 e. The zero-order chi connectivity index (χ0) is 21.1. The number of hydrogen-bond donors (Lipinski definition) is 1. The van der Waals surface area contributed by atoms with Crippen LogP contribution in [0.5, 0.6) is 0 Å². The van der Waals surface area contributed by atoms with E-state index in [0.717, 1.165) is 9.63 Å². The monoisotopic (exact) mass is 441 g/mol. The topological polar surface area (TPSA) is 96.4 Å². The molecule has 2 heterocycles. The molecular formula is C15H17ClF3N4O4S+. The Balaban J connectivity index is 2.05. The van der Waals surface area contributed by atoms with E-state index >= 15 is 0 Å². The Kier molecular flexibility index (Phi) is 6.55. The fourth-order valence-electron chi connectivity index (χ4n) is 2.21. The molecule has 0 fully saturated rings. The zero-order valence-electron chi connectivity index (χ0n) is 14.6. The Labute approximate surface area is 163 Å². The number of nitrogens with zero attached hydrogens (tertiary/aromatic N) is 4. The molecule has 0 saturated heterocycles. The fraction of sp³-hybridized carbons (Fsp3) is 0.400. The van der Waals surface area contributed by atoms with Crippen LogP contribution in [0.2, 0.25) is 5.15 Å². The summed E-state index contributed by atoms with van der Waals surface area (Å²) in [6.07, 6.45) is -2.43. The molecule has 1 N–H and O–H groups in total. The van der Waals surface area contributed by atoms with Crippen LogP contribution >= 0.6 is 11.6 Å². The van der Waals surface area contributed by atoms with Crippen molar-refractivity contribution in [3.8, 4) is 5.69 Å². The number of anilines is 1. The Bertz CT molecular complexity index is 962. The second-order valence-electron chi connectivity index (χ2n) is 5.91. The highest BCUT2D eigenvalue weighted by atomic mass is 35.5. The number of sulfone groups is 1. The van der Waals surface area contributed by atoms with Crippen molar-refractivity contribution in [2.75, 3.05) is 23.5 Å². The molecule has 0 radical (unpaired) electrons. The lowest BCUT2D eigenvalue weighted by Crippen LogP contribution is -2.29. The molecule has 154 valence electrons. The maximum absolute atomic E-state index is 12.2. The van der Waals surface area contributed by atoms with Gasteiger partial charge in [0.05, 0.1) is 24.1 Å². The van der Waals surface area contributed by atoms with E-state index < -0.39 is 46.3 Å².